The predicted molar refractivity (Wildman–Crippen MR) is 71.2 cm³/mol. The smallest absolute Gasteiger partial charge is 0.223 e. The molecule has 0 atom stereocenters. The third kappa shape index (κ3) is 1.97. The molecule has 0 spiro atoms. The van der Waals surface area contributed by atoms with Gasteiger partial charge in [0.2, 0.25) is 5.91 Å². The summed E-state index contributed by atoms with van der Waals surface area (Å²) < 4.78 is 5.37. The van der Waals surface area contributed by atoms with Gasteiger partial charge in [-0.25, -0.2) is 0 Å². The van der Waals surface area contributed by atoms with Crippen molar-refractivity contribution in [3.8, 4) is 0 Å². The summed E-state index contributed by atoms with van der Waals surface area (Å²) in [4.78, 5) is 15.7. The van der Waals surface area contributed by atoms with Crippen LogP contribution in [0.5, 0.6) is 0 Å². The Labute approximate surface area is 107 Å². The molecule has 2 aliphatic rings. The lowest BCUT2D eigenvalue weighted by molar-refractivity contribution is -0.116. The van der Waals surface area contributed by atoms with E-state index in [4.69, 9.17) is 4.74 Å². The van der Waals surface area contributed by atoms with Crippen molar-refractivity contribution in [2.75, 3.05) is 42.6 Å². The second-order valence-electron chi connectivity index (χ2n) is 4.83. The van der Waals surface area contributed by atoms with E-state index in [1.54, 1.807) is 6.92 Å². The number of morpholine rings is 1. The van der Waals surface area contributed by atoms with Gasteiger partial charge in [0.25, 0.3) is 0 Å². The maximum Gasteiger partial charge on any atom is 0.223 e. The molecule has 4 nitrogen and oxygen atoms in total. The molecule has 0 N–H and O–H groups in total. The maximum atomic E-state index is 11.5. The summed E-state index contributed by atoms with van der Waals surface area (Å²) in [7, 11) is 0. The van der Waals surface area contributed by atoms with Crippen LogP contribution in [0.25, 0.3) is 0 Å². The summed E-state index contributed by atoms with van der Waals surface area (Å²) in [6.45, 7) is 5.96. The summed E-state index contributed by atoms with van der Waals surface area (Å²) in [5, 5.41) is 0. The van der Waals surface area contributed by atoms with Crippen molar-refractivity contribution < 1.29 is 9.53 Å². The van der Waals surface area contributed by atoms with Gasteiger partial charge in [0, 0.05) is 37.9 Å². The van der Waals surface area contributed by atoms with Crippen LogP contribution in [0, 0.1) is 0 Å². The number of benzene rings is 1. The highest BCUT2D eigenvalue weighted by Crippen LogP contribution is 2.31. The summed E-state index contributed by atoms with van der Waals surface area (Å²) in [6, 6.07) is 6.42. The van der Waals surface area contributed by atoms with Crippen LogP contribution in [0.2, 0.25) is 0 Å². The molecule has 0 aliphatic carbocycles. The highest BCUT2D eigenvalue weighted by atomic mass is 16.5. The van der Waals surface area contributed by atoms with Gasteiger partial charge in [-0.05, 0) is 30.2 Å². The number of carbonyl (C=O) groups is 1. The van der Waals surface area contributed by atoms with Crippen LogP contribution in [0.3, 0.4) is 0 Å². The quantitative estimate of drug-likeness (QED) is 0.751. The van der Waals surface area contributed by atoms with Gasteiger partial charge >= 0.3 is 0 Å². The molecule has 4 heteroatoms. The van der Waals surface area contributed by atoms with Gasteiger partial charge in [-0.1, -0.05) is 0 Å². The Morgan fingerprint density at radius 3 is 2.72 bits per heavy atom. The van der Waals surface area contributed by atoms with E-state index >= 15 is 0 Å². The van der Waals surface area contributed by atoms with Crippen molar-refractivity contribution in [2.24, 2.45) is 0 Å². The minimum atomic E-state index is 0.132. The summed E-state index contributed by atoms with van der Waals surface area (Å²) in [6.07, 6.45) is 0.965. The summed E-state index contributed by atoms with van der Waals surface area (Å²) >= 11 is 0. The second kappa shape index (κ2) is 4.61. The largest absolute Gasteiger partial charge is 0.378 e. The molecular formula is C14H18N2O2. The molecule has 1 aromatic rings. The molecule has 0 bridgehead atoms. The fourth-order valence-electron chi connectivity index (χ4n) is 2.73. The maximum absolute atomic E-state index is 11.5. The number of ether oxygens (including phenoxy) is 1. The Kier molecular flexibility index (Phi) is 2.96. The van der Waals surface area contributed by atoms with Crippen LogP contribution >= 0.6 is 0 Å². The molecule has 0 radical (unpaired) electrons. The van der Waals surface area contributed by atoms with Crippen molar-refractivity contribution in [3.05, 3.63) is 23.8 Å². The van der Waals surface area contributed by atoms with Gasteiger partial charge in [0.1, 0.15) is 0 Å². The van der Waals surface area contributed by atoms with E-state index in [0.717, 1.165) is 45.0 Å². The lowest BCUT2D eigenvalue weighted by Gasteiger charge is -2.29. The predicted octanol–water partition coefficient (Wildman–Crippen LogP) is 1.43. The van der Waals surface area contributed by atoms with E-state index in [1.807, 2.05) is 4.90 Å². The van der Waals surface area contributed by atoms with Gasteiger partial charge in [-0.3, -0.25) is 4.79 Å². The molecule has 0 aromatic heterocycles. The van der Waals surface area contributed by atoms with Gasteiger partial charge in [-0.2, -0.15) is 0 Å². The van der Waals surface area contributed by atoms with Crippen molar-refractivity contribution >= 4 is 17.3 Å². The first-order valence-corrected chi connectivity index (χ1v) is 6.49. The van der Waals surface area contributed by atoms with Crippen molar-refractivity contribution in [1.82, 2.24) is 0 Å². The van der Waals surface area contributed by atoms with Gasteiger partial charge < -0.3 is 14.5 Å². The Bertz CT molecular complexity index is 467. The zero-order chi connectivity index (χ0) is 12.5. The molecule has 1 aromatic carbocycles. The van der Waals surface area contributed by atoms with E-state index in [1.165, 1.54) is 11.3 Å². The molecule has 3 rings (SSSR count). The highest BCUT2D eigenvalue weighted by molar-refractivity contribution is 5.94. The number of anilines is 2. The summed E-state index contributed by atoms with van der Waals surface area (Å²) in [5.41, 5.74) is 3.62. The van der Waals surface area contributed by atoms with E-state index in [0.29, 0.717) is 0 Å². The number of amides is 1. The third-order valence-electron chi connectivity index (χ3n) is 3.71. The van der Waals surface area contributed by atoms with Crippen molar-refractivity contribution in [2.45, 2.75) is 13.3 Å². The number of rotatable bonds is 1. The lowest BCUT2D eigenvalue weighted by atomic mass is 10.1. The van der Waals surface area contributed by atoms with Crippen molar-refractivity contribution in [3.63, 3.8) is 0 Å². The first-order valence-electron chi connectivity index (χ1n) is 6.49. The normalized spacial score (nSPS) is 18.9. The molecule has 18 heavy (non-hydrogen) atoms. The molecule has 2 heterocycles. The minimum Gasteiger partial charge on any atom is -0.378 e. The third-order valence-corrected chi connectivity index (χ3v) is 3.71. The monoisotopic (exact) mass is 246 g/mol. The van der Waals surface area contributed by atoms with E-state index in [9.17, 15) is 4.79 Å². The van der Waals surface area contributed by atoms with Crippen LogP contribution in [0.4, 0.5) is 11.4 Å². The Balaban J connectivity index is 1.86. The topological polar surface area (TPSA) is 32.8 Å². The number of hydrogen-bond acceptors (Lipinski definition) is 3. The zero-order valence-electron chi connectivity index (χ0n) is 10.7. The standard InChI is InChI=1S/C14H18N2O2/c1-11(17)16-5-4-12-10-13(2-3-14(12)16)15-6-8-18-9-7-15/h2-3,10H,4-9H2,1H3. The molecule has 1 amide bonds. The van der Waals surface area contributed by atoms with Gasteiger partial charge in [0.15, 0.2) is 0 Å². The van der Waals surface area contributed by atoms with E-state index < -0.39 is 0 Å². The van der Waals surface area contributed by atoms with Gasteiger partial charge in [-0.15, -0.1) is 0 Å². The number of nitrogens with zero attached hydrogens (tertiary/aromatic N) is 2. The summed E-state index contributed by atoms with van der Waals surface area (Å²) in [5.74, 6) is 0.132. The van der Waals surface area contributed by atoms with E-state index in [2.05, 4.69) is 23.1 Å². The fourth-order valence-corrected chi connectivity index (χ4v) is 2.73. The lowest BCUT2D eigenvalue weighted by Crippen LogP contribution is -2.36. The molecule has 1 saturated heterocycles. The molecule has 0 unspecified atom stereocenters. The molecular weight excluding hydrogens is 228 g/mol. The van der Waals surface area contributed by atoms with Crippen LogP contribution in [0.1, 0.15) is 12.5 Å². The SMILES string of the molecule is CC(=O)N1CCc2cc(N3CCOCC3)ccc21. The van der Waals surface area contributed by atoms with Crippen LogP contribution < -0.4 is 9.80 Å². The zero-order valence-corrected chi connectivity index (χ0v) is 10.7. The Morgan fingerprint density at radius 1 is 1.22 bits per heavy atom. The first kappa shape index (κ1) is 11.5. The van der Waals surface area contributed by atoms with E-state index in [-0.39, 0.29) is 5.91 Å². The minimum absolute atomic E-state index is 0.132. The molecule has 0 saturated carbocycles. The fraction of sp³-hybridized carbons (Fsp3) is 0.500. The number of carbonyl (C=O) groups excluding carboxylic acids is 1. The number of fused-ring (bicyclic) bond motifs is 1. The second-order valence-corrected chi connectivity index (χ2v) is 4.83. The highest BCUT2D eigenvalue weighted by Gasteiger charge is 2.23. The molecule has 2 aliphatic heterocycles. The van der Waals surface area contributed by atoms with Crippen LogP contribution in [0.15, 0.2) is 18.2 Å². The van der Waals surface area contributed by atoms with Crippen LogP contribution in [-0.2, 0) is 16.0 Å². The average molecular weight is 246 g/mol. The number of hydrogen-bond donors (Lipinski definition) is 0. The van der Waals surface area contributed by atoms with Gasteiger partial charge in [0.05, 0.1) is 13.2 Å². The Morgan fingerprint density at radius 2 is 2.00 bits per heavy atom. The first-order chi connectivity index (χ1) is 8.75. The van der Waals surface area contributed by atoms with Crippen LogP contribution in [-0.4, -0.2) is 38.8 Å². The molecule has 96 valence electrons. The van der Waals surface area contributed by atoms with Crippen molar-refractivity contribution in [1.29, 1.82) is 0 Å². The molecule has 1 fully saturated rings. The average Bonchev–Trinajstić information content (AvgIpc) is 2.82. The Hall–Kier alpha value is -1.55.